The van der Waals surface area contributed by atoms with E-state index in [2.05, 4.69) is 20.3 Å². The Bertz CT molecular complexity index is 482. The van der Waals surface area contributed by atoms with Crippen molar-refractivity contribution in [1.82, 2.24) is 15.0 Å². The van der Waals surface area contributed by atoms with Gasteiger partial charge >= 0.3 is 0 Å². The molecule has 0 spiro atoms. The quantitative estimate of drug-likeness (QED) is 0.850. The second kappa shape index (κ2) is 4.44. The molecular formula is C10H13N5S. The fourth-order valence-corrected chi connectivity index (χ4v) is 2.11. The summed E-state index contributed by atoms with van der Waals surface area (Å²) < 4.78 is 0. The van der Waals surface area contributed by atoms with Gasteiger partial charge in [-0.15, -0.1) is 11.3 Å². The van der Waals surface area contributed by atoms with Crippen LogP contribution in [0, 0.1) is 6.92 Å². The average molecular weight is 235 g/mol. The lowest BCUT2D eigenvalue weighted by atomic mass is 10.3. The van der Waals surface area contributed by atoms with Gasteiger partial charge in [-0.25, -0.2) is 9.97 Å². The number of hydrogen-bond donors (Lipinski definition) is 2. The third-order valence-corrected chi connectivity index (χ3v) is 3.17. The van der Waals surface area contributed by atoms with Crippen LogP contribution in [-0.2, 0) is 0 Å². The molecule has 2 heterocycles. The summed E-state index contributed by atoms with van der Waals surface area (Å²) in [4.78, 5) is 12.5. The summed E-state index contributed by atoms with van der Waals surface area (Å²) in [5, 5.41) is 6.26. The number of nitrogen functional groups attached to an aromatic ring is 1. The van der Waals surface area contributed by atoms with Gasteiger partial charge in [0.1, 0.15) is 16.6 Å². The molecule has 0 radical (unpaired) electrons. The summed E-state index contributed by atoms with van der Waals surface area (Å²) in [5.74, 6) is 1.08. The zero-order valence-corrected chi connectivity index (χ0v) is 9.95. The lowest BCUT2D eigenvalue weighted by Gasteiger charge is -2.11. The highest BCUT2D eigenvalue weighted by Gasteiger charge is 2.09. The zero-order chi connectivity index (χ0) is 11.5. The van der Waals surface area contributed by atoms with Crippen LogP contribution in [-0.4, -0.2) is 15.0 Å². The molecule has 2 aromatic heterocycles. The highest BCUT2D eigenvalue weighted by molar-refractivity contribution is 7.09. The number of aromatic nitrogens is 3. The summed E-state index contributed by atoms with van der Waals surface area (Å²) in [6.45, 7) is 4.01. The monoisotopic (exact) mass is 235 g/mol. The molecule has 5 nitrogen and oxygen atoms in total. The van der Waals surface area contributed by atoms with Crippen LogP contribution >= 0.6 is 11.3 Å². The molecule has 0 saturated carbocycles. The minimum atomic E-state index is 0.106. The predicted molar refractivity (Wildman–Crippen MR) is 65.3 cm³/mol. The molecular weight excluding hydrogens is 222 g/mol. The van der Waals surface area contributed by atoms with Gasteiger partial charge in [0.2, 0.25) is 0 Å². The van der Waals surface area contributed by atoms with Crippen molar-refractivity contribution in [2.24, 2.45) is 0 Å². The average Bonchev–Trinajstić information content (AvgIpc) is 2.65. The van der Waals surface area contributed by atoms with Crippen LogP contribution in [0.5, 0.6) is 0 Å². The Hall–Kier alpha value is -1.69. The van der Waals surface area contributed by atoms with Crippen LogP contribution in [0.1, 0.15) is 23.7 Å². The van der Waals surface area contributed by atoms with Crippen molar-refractivity contribution in [1.29, 1.82) is 0 Å². The first kappa shape index (κ1) is 10.8. The lowest BCUT2D eigenvalue weighted by molar-refractivity contribution is 0.853. The Morgan fingerprint density at radius 1 is 1.38 bits per heavy atom. The molecule has 1 unspecified atom stereocenters. The van der Waals surface area contributed by atoms with Gasteiger partial charge in [-0.05, 0) is 13.8 Å². The third kappa shape index (κ3) is 2.46. The standard InChI is InChI=1S/C10H13N5S/c1-6-5-16-10(13-6)7(2)14-9-4-12-3-8(11)15-9/h3-5,7H,1-2H3,(H3,11,14,15). The molecule has 3 N–H and O–H groups in total. The first-order valence-electron chi connectivity index (χ1n) is 4.91. The van der Waals surface area contributed by atoms with Crippen molar-refractivity contribution >= 4 is 23.0 Å². The molecule has 0 fully saturated rings. The fraction of sp³-hybridized carbons (Fsp3) is 0.300. The van der Waals surface area contributed by atoms with E-state index in [1.807, 2.05) is 19.2 Å². The third-order valence-electron chi connectivity index (χ3n) is 2.02. The number of nitrogens with one attached hydrogen (secondary N) is 1. The lowest BCUT2D eigenvalue weighted by Crippen LogP contribution is -2.08. The van der Waals surface area contributed by atoms with Crippen LogP contribution < -0.4 is 11.1 Å². The van der Waals surface area contributed by atoms with E-state index < -0.39 is 0 Å². The molecule has 2 rings (SSSR count). The Balaban J connectivity index is 2.10. The largest absolute Gasteiger partial charge is 0.382 e. The van der Waals surface area contributed by atoms with Gasteiger partial charge in [-0.1, -0.05) is 0 Å². The predicted octanol–water partition coefficient (Wildman–Crippen LogP) is 2.00. The molecule has 6 heteroatoms. The van der Waals surface area contributed by atoms with E-state index >= 15 is 0 Å². The number of nitrogens with zero attached hydrogens (tertiary/aromatic N) is 3. The van der Waals surface area contributed by atoms with Crippen molar-refractivity contribution < 1.29 is 0 Å². The fourth-order valence-electron chi connectivity index (χ4n) is 1.31. The van der Waals surface area contributed by atoms with Crippen LogP contribution in [0.15, 0.2) is 17.8 Å². The van der Waals surface area contributed by atoms with E-state index in [4.69, 9.17) is 5.73 Å². The molecule has 1 atom stereocenters. The molecule has 0 aromatic carbocycles. The molecule has 0 aliphatic rings. The maximum atomic E-state index is 5.55. The van der Waals surface area contributed by atoms with Crippen molar-refractivity contribution in [2.45, 2.75) is 19.9 Å². The Kier molecular flexibility index (Phi) is 3.00. The van der Waals surface area contributed by atoms with E-state index in [1.165, 1.54) is 6.20 Å². The van der Waals surface area contributed by atoms with E-state index in [0.29, 0.717) is 11.6 Å². The number of aryl methyl sites for hydroxylation is 1. The van der Waals surface area contributed by atoms with Gasteiger partial charge in [0.25, 0.3) is 0 Å². The summed E-state index contributed by atoms with van der Waals surface area (Å²) in [5.41, 5.74) is 6.59. The molecule has 0 aliphatic carbocycles. The van der Waals surface area contributed by atoms with Gasteiger partial charge in [-0.2, -0.15) is 0 Å². The first-order chi connectivity index (χ1) is 7.65. The number of anilines is 2. The van der Waals surface area contributed by atoms with Crippen LogP contribution in [0.3, 0.4) is 0 Å². The second-order valence-corrected chi connectivity index (χ2v) is 4.41. The van der Waals surface area contributed by atoms with Crippen molar-refractivity contribution in [3.05, 3.63) is 28.5 Å². The van der Waals surface area contributed by atoms with Gasteiger partial charge in [0, 0.05) is 11.1 Å². The SMILES string of the molecule is Cc1csc(C(C)Nc2cncc(N)n2)n1. The van der Waals surface area contributed by atoms with Gasteiger partial charge in [-0.3, -0.25) is 4.98 Å². The molecule has 0 saturated heterocycles. The maximum absolute atomic E-state index is 5.55. The second-order valence-electron chi connectivity index (χ2n) is 3.52. The van der Waals surface area contributed by atoms with Gasteiger partial charge in [0.05, 0.1) is 18.4 Å². The van der Waals surface area contributed by atoms with Crippen LogP contribution in [0.2, 0.25) is 0 Å². The highest BCUT2D eigenvalue weighted by atomic mass is 32.1. The number of rotatable bonds is 3. The first-order valence-corrected chi connectivity index (χ1v) is 5.79. The minimum Gasteiger partial charge on any atom is -0.382 e. The number of thiazole rings is 1. The number of hydrogen-bond acceptors (Lipinski definition) is 6. The molecule has 84 valence electrons. The summed E-state index contributed by atoms with van der Waals surface area (Å²) in [7, 11) is 0. The molecule has 16 heavy (non-hydrogen) atoms. The highest BCUT2D eigenvalue weighted by Crippen LogP contribution is 2.21. The Labute approximate surface area is 97.8 Å². The van der Waals surface area contributed by atoms with E-state index in [0.717, 1.165) is 10.7 Å². The smallest absolute Gasteiger partial charge is 0.147 e. The van der Waals surface area contributed by atoms with Crippen LogP contribution in [0.4, 0.5) is 11.6 Å². The topological polar surface area (TPSA) is 76.7 Å². The zero-order valence-electron chi connectivity index (χ0n) is 9.14. The number of nitrogens with two attached hydrogens (primary N) is 1. The van der Waals surface area contributed by atoms with E-state index in [-0.39, 0.29) is 6.04 Å². The van der Waals surface area contributed by atoms with Crippen molar-refractivity contribution in [2.75, 3.05) is 11.1 Å². The van der Waals surface area contributed by atoms with E-state index in [1.54, 1.807) is 17.5 Å². The molecule has 0 bridgehead atoms. The van der Waals surface area contributed by atoms with Gasteiger partial charge < -0.3 is 11.1 Å². The molecule has 0 amide bonds. The Morgan fingerprint density at radius 2 is 2.19 bits per heavy atom. The molecule has 0 aliphatic heterocycles. The maximum Gasteiger partial charge on any atom is 0.147 e. The summed E-state index contributed by atoms with van der Waals surface area (Å²) in [6, 6.07) is 0.106. The van der Waals surface area contributed by atoms with Crippen molar-refractivity contribution in [3.63, 3.8) is 0 Å². The summed E-state index contributed by atoms with van der Waals surface area (Å²) >= 11 is 1.63. The Morgan fingerprint density at radius 3 is 2.81 bits per heavy atom. The van der Waals surface area contributed by atoms with E-state index in [9.17, 15) is 0 Å². The normalized spacial score (nSPS) is 12.4. The van der Waals surface area contributed by atoms with Gasteiger partial charge in [0.15, 0.2) is 0 Å². The van der Waals surface area contributed by atoms with Crippen LogP contribution in [0.25, 0.3) is 0 Å². The van der Waals surface area contributed by atoms with Crippen molar-refractivity contribution in [3.8, 4) is 0 Å². The summed E-state index contributed by atoms with van der Waals surface area (Å²) in [6.07, 6.45) is 3.16. The minimum absolute atomic E-state index is 0.106. The molecule has 2 aromatic rings.